The number of rotatable bonds is 15. The maximum absolute atomic E-state index is 5.45. The highest BCUT2D eigenvalue weighted by Gasteiger charge is 2.41. The Balaban J connectivity index is 0.944. The highest BCUT2D eigenvalue weighted by Crippen LogP contribution is 2.42. The molecule has 4 heterocycles. The summed E-state index contributed by atoms with van der Waals surface area (Å²) in [6.45, 7) is 0. The van der Waals surface area contributed by atoms with Crippen LogP contribution in [0.15, 0.2) is 352 Å². The van der Waals surface area contributed by atoms with Gasteiger partial charge in [-0.05, 0) is 80.4 Å². The van der Waals surface area contributed by atoms with Crippen molar-refractivity contribution in [2.75, 3.05) is 0 Å². The van der Waals surface area contributed by atoms with Gasteiger partial charge in [0.15, 0.2) is 60.5 Å². The Bertz CT molecular complexity index is 5260. The Morgan fingerprint density at radius 2 is 0.439 bits per heavy atom. The molecule has 0 radical (unpaired) electrons. The largest absolute Gasteiger partial charge is 0.308 e. The van der Waals surface area contributed by atoms with Crippen LogP contribution in [0.25, 0.3) is 141 Å². The fraction of sp³-hybridized carbons (Fsp3) is 0. The Labute approximate surface area is 567 Å². The molecule has 10 nitrogen and oxygen atoms in total. The monoisotopic (exact) mass is 1270 g/mol. The lowest BCUT2D eigenvalue weighted by Crippen LogP contribution is -2.74. The van der Waals surface area contributed by atoms with Gasteiger partial charge in [-0.2, -0.15) is 0 Å². The zero-order valence-electron chi connectivity index (χ0n) is 53.0. The highest BCUT2D eigenvalue weighted by atomic mass is 28.3. The van der Waals surface area contributed by atoms with Crippen LogP contribution in [0, 0.1) is 0 Å². The minimum Gasteiger partial charge on any atom is -0.308 e. The second-order valence-corrected chi connectivity index (χ2v) is 27.9. The fourth-order valence-electron chi connectivity index (χ4n) is 13.4. The number of hydrogen-bond acceptors (Lipinski definition) is 9. The summed E-state index contributed by atoms with van der Waals surface area (Å²) >= 11 is 0. The Hall–Kier alpha value is -13.1. The molecular weight excluding hydrogens is 1210 g/mol. The first-order chi connectivity index (χ1) is 48.6. The lowest BCUT2D eigenvalue weighted by atomic mass is 10.0. The molecule has 460 valence electrons. The number of aromatic nitrogens is 10. The maximum Gasteiger partial charge on any atom is 0.179 e. The molecular formula is C87H58N10Si. The molecule has 11 heteroatoms. The van der Waals surface area contributed by atoms with Gasteiger partial charge in [-0.3, -0.25) is 0 Å². The van der Waals surface area contributed by atoms with Crippen LogP contribution in [0.5, 0.6) is 0 Å². The summed E-state index contributed by atoms with van der Waals surface area (Å²) in [5, 5.41) is 7.02. The summed E-state index contributed by atoms with van der Waals surface area (Å²) < 4.78 is 2.36. The van der Waals surface area contributed by atoms with E-state index in [-0.39, 0.29) is 0 Å². The summed E-state index contributed by atoms with van der Waals surface area (Å²) in [6.07, 6.45) is 0. The Morgan fingerprint density at radius 1 is 0.184 bits per heavy atom. The van der Waals surface area contributed by atoms with Crippen LogP contribution in [0.2, 0.25) is 0 Å². The van der Waals surface area contributed by atoms with E-state index in [1.807, 2.05) is 182 Å². The molecule has 0 saturated heterocycles. The van der Waals surface area contributed by atoms with Crippen LogP contribution in [0.1, 0.15) is 0 Å². The predicted molar refractivity (Wildman–Crippen MR) is 399 cm³/mol. The molecule has 0 aliphatic heterocycles. The van der Waals surface area contributed by atoms with Crippen LogP contribution in [-0.2, 0) is 0 Å². The quantitative estimate of drug-likeness (QED) is 0.0730. The SMILES string of the molecule is c1ccc(-c2nc(-c3ccccc3)nc(-c3ccc4c(c3)c3cc(-c5nc(-c6ccccc6)nc(-c6ccccc6)n5)ccc3n4-c3cc(-c4cccc([Si](c5ccccc5)(c5ccccc5)c5ccccc5)c4)ccc3-c3nc(-c4ccccc4)nc(-c4ccccc4)n3)n2)cc1. The number of benzene rings is 13. The van der Waals surface area contributed by atoms with E-state index in [0.29, 0.717) is 52.4 Å². The lowest BCUT2D eigenvalue weighted by molar-refractivity contribution is 1.06. The van der Waals surface area contributed by atoms with Crippen LogP contribution in [-0.4, -0.2) is 57.5 Å². The lowest BCUT2D eigenvalue weighted by Gasteiger charge is -2.34. The van der Waals surface area contributed by atoms with Crippen LogP contribution in [0.3, 0.4) is 0 Å². The van der Waals surface area contributed by atoms with Gasteiger partial charge < -0.3 is 4.57 Å². The molecule has 0 atom stereocenters. The van der Waals surface area contributed by atoms with E-state index in [2.05, 4.69) is 174 Å². The molecule has 0 aliphatic rings. The Morgan fingerprint density at radius 3 is 0.765 bits per heavy atom. The third kappa shape index (κ3) is 11.1. The molecule has 13 aromatic carbocycles. The summed E-state index contributed by atoms with van der Waals surface area (Å²) in [5.74, 6) is 4.98. The van der Waals surface area contributed by atoms with Gasteiger partial charge in [0.25, 0.3) is 0 Å². The molecule has 17 rings (SSSR count). The minimum atomic E-state index is -2.96. The standard InChI is InChI=1S/C87H58N10Si/c1-10-29-59(30-11-1)79-88-80(60-31-12-2-13-32-60)92-85(91-79)67-50-53-76-74(56-67)75-57-68(86-93-81(61-33-14-3-15-34-61)89-82(94-86)62-35-16-4-17-36-62)51-54-77(75)97(76)78-58-66(49-52-73(78)87-95-83(63-37-18-5-19-38-63)90-84(96-87)64-39-20-6-21-40-64)65-41-28-48-72(55-65)98(69-42-22-7-23-43-69,70-44-24-8-25-45-70)71-46-26-9-27-47-71/h1-58H. The topological polar surface area (TPSA) is 121 Å². The molecule has 17 aromatic rings. The molecule has 98 heavy (non-hydrogen) atoms. The molecule has 0 fully saturated rings. The molecule has 0 amide bonds. The van der Waals surface area contributed by atoms with E-state index in [1.54, 1.807) is 0 Å². The van der Waals surface area contributed by atoms with E-state index in [1.165, 1.54) is 20.7 Å². The average Bonchev–Trinajstić information content (AvgIpc) is 1.09. The molecule has 0 unspecified atom stereocenters. The van der Waals surface area contributed by atoms with Crippen LogP contribution < -0.4 is 20.7 Å². The third-order valence-corrected chi connectivity index (χ3v) is 22.9. The fourth-order valence-corrected chi connectivity index (χ4v) is 18.2. The second-order valence-electron chi connectivity index (χ2n) is 24.1. The smallest absolute Gasteiger partial charge is 0.179 e. The first kappa shape index (κ1) is 58.7. The molecule has 0 spiro atoms. The van der Waals surface area contributed by atoms with Crippen LogP contribution in [0.4, 0.5) is 0 Å². The van der Waals surface area contributed by atoms with E-state index in [9.17, 15) is 0 Å². The van der Waals surface area contributed by atoms with Crippen molar-refractivity contribution in [3.63, 3.8) is 0 Å². The van der Waals surface area contributed by atoms with Crippen molar-refractivity contribution in [3.8, 4) is 119 Å². The highest BCUT2D eigenvalue weighted by molar-refractivity contribution is 7.20. The molecule has 0 saturated carbocycles. The van der Waals surface area contributed by atoms with E-state index in [0.717, 1.165) is 88.7 Å². The number of fused-ring (bicyclic) bond motifs is 3. The van der Waals surface area contributed by atoms with Crippen molar-refractivity contribution in [1.29, 1.82) is 0 Å². The van der Waals surface area contributed by atoms with Crippen molar-refractivity contribution < 1.29 is 0 Å². The van der Waals surface area contributed by atoms with Gasteiger partial charge in [-0.15, -0.1) is 0 Å². The first-order valence-electron chi connectivity index (χ1n) is 32.7. The van der Waals surface area contributed by atoms with Gasteiger partial charge in [0.05, 0.1) is 16.7 Å². The van der Waals surface area contributed by atoms with Crippen molar-refractivity contribution in [2.45, 2.75) is 0 Å². The van der Waals surface area contributed by atoms with Gasteiger partial charge >= 0.3 is 0 Å². The van der Waals surface area contributed by atoms with Gasteiger partial charge in [0.1, 0.15) is 0 Å². The van der Waals surface area contributed by atoms with Gasteiger partial charge in [-0.1, -0.05) is 303 Å². The van der Waals surface area contributed by atoms with E-state index >= 15 is 0 Å². The molecule has 0 N–H and O–H groups in total. The predicted octanol–water partition coefficient (Wildman–Crippen LogP) is 17.4. The summed E-state index contributed by atoms with van der Waals surface area (Å²) in [5.41, 5.74) is 12.4. The average molecular weight is 1270 g/mol. The Kier molecular flexibility index (Phi) is 15.4. The zero-order chi connectivity index (χ0) is 65.2. The van der Waals surface area contributed by atoms with Gasteiger partial charge in [0.2, 0.25) is 0 Å². The maximum atomic E-state index is 5.45. The first-order valence-corrected chi connectivity index (χ1v) is 34.7. The van der Waals surface area contributed by atoms with E-state index < -0.39 is 8.07 Å². The summed E-state index contributed by atoms with van der Waals surface area (Å²) in [4.78, 5) is 47.3. The normalized spacial score (nSPS) is 11.5. The number of hydrogen-bond donors (Lipinski definition) is 0. The van der Waals surface area contributed by atoms with Crippen molar-refractivity contribution in [2.24, 2.45) is 0 Å². The van der Waals surface area contributed by atoms with Crippen molar-refractivity contribution in [3.05, 3.63) is 352 Å². The van der Waals surface area contributed by atoms with Gasteiger partial charge in [-0.25, -0.2) is 44.9 Å². The van der Waals surface area contributed by atoms with Crippen LogP contribution >= 0.6 is 0 Å². The second kappa shape index (κ2) is 25.7. The third-order valence-electron chi connectivity index (χ3n) is 18.1. The minimum absolute atomic E-state index is 0.513. The number of nitrogens with zero attached hydrogens (tertiary/aromatic N) is 10. The molecule has 4 aromatic heterocycles. The van der Waals surface area contributed by atoms with Crippen molar-refractivity contribution in [1.82, 2.24) is 49.4 Å². The molecule has 0 bridgehead atoms. The summed E-state index contributed by atoms with van der Waals surface area (Å²) in [6, 6.07) is 123. The summed E-state index contributed by atoms with van der Waals surface area (Å²) in [7, 11) is -2.96. The van der Waals surface area contributed by atoms with E-state index in [4.69, 9.17) is 44.9 Å². The zero-order valence-corrected chi connectivity index (χ0v) is 54.0. The van der Waals surface area contributed by atoms with Gasteiger partial charge in [0, 0.05) is 60.8 Å². The molecule has 0 aliphatic carbocycles. The van der Waals surface area contributed by atoms with Crippen molar-refractivity contribution >= 4 is 50.6 Å².